The van der Waals surface area contributed by atoms with Crippen LogP contribution < -0.4 is 4.74 Å². The third-order valence-electron chi connectivity index (χ3n) is 3.25. The van der Waals surface area contributed by atoms with Gasteiger partial charge in [0.15, 0.2) is 0 Å². The van der Waals surface area contributed by atoms with Crippen LogP contribution in [0.2, 0.25) is 0 Å². The number of benzene rings is 1. The average Bonchev–Trinajstić information content (AvgIpc) is 2.29. The Balaban J connectivity index is 3.24. The summed E-state index contributed by atoms with van der Waals surface area (Å²) in [5, 5.41) is 9.44. The van der Waals surface area contributed by atoms with Crippen LogP contribution in [0.25, 0.3) is 0 Å². The number of rotatable bonds is 4. The van der Waals surface area contributed by atoms with E-state index < -0.39 is 0 Å². The maximum Gasteiger partial charge on any atom is 0.122 e. The first-order chi connectivity index (χ1) is 7.93. The van der Waals surface area contributed by atoms with Gasteiger partial charge in [0, 0.05) is 5.92 Å². The number of hydrogen-bond acceptors (Lipinski definition) is 2. The topological polar surface area (TPSA) is 29.5 Å². The fourth-order valence-corrected chi connectivity index (χ4v) is 1.97. The highest BCUT2D eigenvalue weighted by Crippen LogP contribution is 2.33. The van der Waals surface area contributed by atoms with E-state index in [-0.39, 0.29) is 17.9 Å². The van der Waals surface area contributed by atoms with Crippen LogP contribution in [0.5, 0.6) is 5.75 Å². The van der Waals surface area contributed by atoms with E-state index in [2.05, 4.69) is 39.8 Å². The predicted molar refractivity (Wildman–Crippen MR) is 71.8 cm³/mol. The summed E-state index contributed by atoms with van der Waals surface area (Å²) in [7, 11) is 1.68. The highest BCUT2D eigenvalue weighted by Gasteiger charge is 2.19. The molecule has 1 rings (SSSR count). The Hall–Kier alpha value is -1.02. The molecule has 17 heavy (non-hydrogen) atoms. The fourth-order valence-electron chi connectivity index (χ4n) is 1.97. The molecule has 0 saturated heterocycles. The second kappa shape index (κ2) is 5.54. The molecule has 0 aliphatic heterocycles. The van der Waals surface area contributed by atoms with Crippen LogP contribution in [0.3, 0.4) is 0 Å². The zero-order valence-electron chi connectivity index (χ0n) is 11.6. The van der Waals surface area contributed by atoms with Crippen LogP contribution in [0, 0.1) is 0 Å². The number of ether oxygens (including phenoxy) is 1. The molecule has 0 aliphatic carbocycles. The summed E-state index contributed by atoms with van der Waals surface area (Å²) in [6.45, 7) is 8.83. The lowest BCUT2D eigenvalue weighted by molar-refractivity contribution is 0.259. The van der Waals surface area contributed by atoms with Gasteiger partial charge >= 0.3 is 0 Å². The molecule has 0 saturated carbocycles. The summed E-state index contributed by atoms with van der Waals surface area (Å²) in [6, 6.07) is 6.28. The summed E-state index contributed by atoms with van der Waals surface area (Å²) >= 11 is 0. The number of aliphatic hydroxyl groups is 1. The minimum Gasteiger partial charge on any atom is -0.496 e. The number of hydrogen-bond donors (Lipinski definition) is 1. The van der Waals surface area contributed by atoms with Crippen molar-refractivity contribution in [3.8, 4) is 5.75 Å². The van der Waals surface area contributed by atoms with Crippen molar-refractivity contribution in [2.45, 2.75) is 45.4 Å². The molecule has 96 valence electrons. The highest BCUT2D eigenvalue weighted by atomic mass is 16.5. The van der Waals surface area contributed by atoms with Crippen molar-refractivity contribution in [3.63, 3.8) is 0 Å². The van der Waals surface area contributed by atoms with Gasteiger partial charge in [-0.3, -0.25) is 0 Å². The van der Waals surface area contributed by atoms with Gasteiger partial charge in [-0.15, -0.1) is 0 Å². The van der Waals surface area contributed by atoms with Gasteiger partial charge < -0.3 is 9.84 Å². The molecule has 0 aliphatic rings. The minimum absolute atomic E-state index is 0.120. The molecular formula is C15H24O2. The Kier molecular flexibility index (Phi) is 4.58. The van der Waals surface area contributed by atoms with Crippen molar-refractivity contribution >= 4 is 0 Å². The van der Waals surface area contributed by atoms with Crippen LogP contribution in [-0.2, 0) is 5.41 Å². The molecule has 2 heteroatoms. The Morgan fingerprint density at radius 3 is 2.35 bits per heavy atom. The van der Waals surface area contributed by atoms with E-state index >= 15 is 0 Å². The first-order valence-corrected chi connectivity index (χ1v) is 6.23. The number of aliphatic hydroxyl groups excluding tert-OH is 1. The molecule has 2 nitrogen and oxygen atoms in total. The second-order valence-corrected chi connectivity index (χ2v) is 5.49. The largest absolute Gasteiger partial charge is 0.496 e. The third-order valence-corrected chi connectivity index (χ3v) is 3.25. The van der Waals surface area contributed by atoms with E-state index in [1.165, 1.54) is 5.56 Å². The normalized spacial score (nSPS) is 13.5. The van der Waals surface area contributed by atoms with E-state index in [0.717, 1.165) is 17.7 Å². The summed E-state index contributed by atoms with van der Waals surface area (Å²) in [4.78, 5) is 0. The average molecular weight is 236 g/mol. The van der Waals surface area contributed by atoms with E-state index in [9.17, 15) is 5.11 Å². The van der Waals surface area contributed by atoms with Crippen LogP contribution >= 0.6 is 0 Å². The van der Waals surface area contributed by atoms with E-state index in [1.54, 1.807) is 7.11 Å². The maximum absolute atomic E-state index is 9.44. The van der Waals surface area contributed by atoms with Crippen molar-refractivity contribution in [1.82, 2.24) is 0 Å². The Labute approximate surface area is 105 Å². The molecule has 1 aromatic rings. The van der Waals surface area contributed by atoms with Gasteiger partial charge in [-0.25, -0.2) is 0 Å². The summed E-state index contributed by atoms with van der Waals surface area (Å²) in [6.07, 6.45) is 0.917. The third kappa shape index (κ3) is 3.22. The lowest BCUT2D eigenvalue weighted by Crippen LogP contribution is -2.13. The summed E-state index contributed by atoms with van der Waals surface area (Å²) < 4.78 is 5.39. The fraction of sp³-hybridized carbons (Fsp3) is 0.600. The Bertz CT molecular complexity index is 360. The molecular weight excluding hydrogens is 212 g/mol. The van der Waals surface area contributed by atoms with E-state index in [0.29, 0.717) is 0 Å². The Morgan fingerprint density at radius 2 is 1.94 bits per heavy atom. The lowest BCUT2D eigenvalue weighted by Gasteiger charge is -2.23. The second-order valence-electron chi connectivity index (χ2n) is 5.49. The molecule has 0 spiro atoms. The van der Waals surface area contributed by atoms with Crippen LogP contribution in [-0.4, -0.2) is 18.8 Å². The molecule has 0 fully saturated rings. The standard InChI is InChI=1S/C15H24O2/c1-6-11(10-16)13-9-12(15(2,3)4)7-8-14(13)17-5/h7-9,11,16H,6,10H2,1-5H3. The first kappa shape index (κ1) is 14.0. The molecule has 1 aromatic carbocycles. The maximum atomic E-state index is 9.44. The van der Waals surface area contributed by atoms with Crippen molar-refractivity contribution in [2.24, 2.45) is 0 Å². The molecule has 0 bridgehead atoms. The smallest absolute Gasteiger partial charge is 0.122 e. The highest BCUT2D eigenvalue weighted by molar-refractivity contribution is 5.42. The monoisotopic (exact) mass is 236 g/mol. The van der Waals surface area contributed by atoms with Crippen LogP contribution in [0.4, 0.5) is 0 Å². The van der Waals surface area contributed by atoms with Crippen molar-refractivity contribution in [3.05, 3.63) is 29.3 Å². The molecule has 1 unspecified atom stereocenters. The quantitative estimate of drug-likeness (QED) is 0.867. The van der Waals surface area contributed by atoms with Gasteiger partial charge in [0.1, 0.15) is 5.75 Å². The van der Waals surface area contributed by atoms with Gasteiger partial charge in [-0.2, -0.15) is 0 Å². The molecule has 0 amide bonds. The molecule has 0 aromatic heterocycles. The molecule has 0 heterocycles. The lowest BCUT2D eigenvalue weighted by atomic mass is 9.84. The first-order valence-electron chi connectivity index (χ1n) is 6.23. The van der Waals surface area contributed by atoms with Crippen molar-refractivity contribution in [1.29, 1.82) is 0 Å². The van der Waals surface area contributed by atoms with Gasteiger partial charge in [0.05, 0.1) is 13.7 Å². The zero-order chi connectivity index (χ0) is 13.1. The SMILES string of the molecule is CCC(CO)c1cc(C(C)(C)C)ccc1OC. The van der Waals surface area contributed by atoms with Crippen molar-refractivity contribution < 1.29 is 9.84 Å². The van der Waals surface area contributed by atoms with Crippen molar-refractivity contribution in [2.75, 3.05) is 13.7 Å². The van der Waals surface area contributed by atoms with Gasteiger partial charge in [0.25, 0.3) is 0 Å². The minimum atomic E-state index is 0.120. The van der Waals surface area contributed by atoms with E-state index in [1.807, 2.05) is 6.07 Å². The van der Waals surface area contributed by atoms with Gasteiger partial charge in [-0.1, -0.05) is 39.8 Å². The van der Waals surface area contributed by atoms with Gasteiger partial charge in [0.2, 0.25) is 0 Å². The number of methoxy groups -OCH3 is 1. The summed E-state index contributed by atoms with van der Waals surface area (Å²) in [5.74, 6) is 1.03. The zero-order valence-corrected chi connectivity index (χ0v) is 11.6. The van der Waals surface area contributed by atoms with Crippen LogP contribution in [0.15, 0.2) is 18.2 Å². The molecule has 1 N–H and O–H groups in total. The Morgan fingerprint density at radius 1 is 1.29 bits per heavy atom. The van der Waals surface area contributed by atoms with Crippen LogP contribution in [0.1, 0.15) is 51.2 Å². The van der Waals surface area contributed by atoms with Gasteiger partial charge in [-0.05, 0) is 29.0 Å². The predicted octanol–water partition coefficient (Wildman–Crippen LogP) is 3.48. The van der Waals surface area contributed by atoms with E-state index in [4.69, 9.17) is 4.74 Å². The molecule has 1 atom stereocenters. The summed E-state index contributed by atoms with van der Waals surface area (Å²) in [5.41, 5.74) is 2.51. The molecule has 0 radical (unpaired) electrons.